The summed E-state index contributed by atoms with van der Waals surface area (Å²) in [7, 11) is 4.18. The summed E-state index contributed by atoms with van der Waals surface area (Å²) in [5.41, 5.74) is 3.35. The number of nitrogens with one attached hydrogen (secondary N) is 1. The molecule has 4 nitrogen and oxygen atoms in total. The number of urea groups is 1. The van der Waals surface area contributed by atoms with Gasteiger partial charge in [0.05, 0.1) is 5.69 Å². The lowest BCUT2D eigenvalue weighted by Crippen LogP contribution is -2.44. The Balaban J connectivity index is 1.75. The third-order valence-corrected chi connectivity index (χ3v) is 4.37. The standard InChI is InChI=1S/C19H23N3O/c1-21(2)17-12-13-22(18-11-7-6-10-16(17)18)19(23)20-14-15-8-4-3-5-9-15/h3-11,17H,12-14H2,1-2H3,(H,20,23). The number of benzene rings is 2. The number of nitrogens with zero attached hydrogens (tertiary/aromatic N) is 2. The quantitative estimate of drug-likeness (QED) is 0.943. The van der Waals surface area contributed by atoms with E-state index in [0.717, 1.165) is 24.2 Å². The molecular formula is C19H23N3O. The predicted molar refractivity (Wildman–Crippen MR) is 93.5 cm³/mol. The molecular weight excluding hydrogens is 286 g/mol. The maximum absolute atomic E-state index is 12.6. The molecule has 0 aromatic heterocycles. The zero-order chi connectivity index (χ0) is 16.2. The van der Waals surface area contributed by atoms with Gasteiger partial charge in [0.15, 0.2) is 0 Å². The van der Waals surface area contributed by atoms with E-state index in [9.17, 15) is 4.79 Å². The molecule has 0 fully saturated rings. The summed E-state index contributed by atoms with van der Waals surface area (Å²) in [5.74, 6) is 0. The average molecular weight is 309 g/mol. The number of hydrogen-bond donors (Lipinski definition) is 1. The molecule has 23 heavy (non-hydrogen) atoms. The van der Waals surface area contributed by atoms with Crippen molar-refractivity contribution in [1.29, 1.82) is 0 Å². The average Bonchev–Trinajstić information content (AvgIpc) is 2.59. The first kappa shape index (κ1) is 15.6. The predicted octanol–water partition coefficient (Wildman–Crippen LogP) is 3.41. The Bertz CT molecular complexity index is 669. The van der Waals surface area contributed by atoms with Crippen LogP contribution in [-0.2, 0) is 6.54 Å². The summed E-state index contributed by atoms with van der Waals surface area (Å²) >= 11 is 0. The topological polar surface area (TPSA) is 35.6 Å². The lowest BCUT2D eigenvalue weighted by molar-refractivity contribution is 0.240. The molecule has 1 unspecified atom stereocenters. The number of amides is 2. The van der Waals surface area contributed by atoms with E-state index < -0.39 is 0 Å². The molecule has 1 N–H and O–H groups in total. The molecule has 3 rings (SSSR count). The Kier molecular flexibility index (Phi) is 4.63. The Hall–Kier alpha value is -2.33. The summed E-state index contributed by atoms with van der Waals surface area (Å²) < 4.78 is 0. The van der Waals surface area contributed by atoms with E-state index >= 15 is 0 Å². The fourth-order valence-electron chi connectivity index (χ4n) is 3.16. The van der Waals surface area contributed by atoms with Crippen molar-refractivity contribution in [1.82, 2.24) is 10.2 Å². The van der Waals surface area contributed by atoms with Crippen molar-refractivity contribution in [2.75, 3.05) is 25.5 Å². The van der Waals surface area contributed by atoms with Crippen LogP contribution in [-0.4, -0.2) is 31.6 Å². The fourth-order valence-corrected chi connectivity index (χ4v) is 3.16. The van der Waals surface area contributed by atoms with Gasteiger partial charge in [0.1, 0.15) is 0 Å². The van der Waals surface area contributed by atoms with Crippen molar-refractivity contribution in [2.24, 2.45) is 0 Å². The normalized spacial score (nSPS) is 17.0. The number of fused-ring (bicyclic) bond motifs is 1. The van der Waals surface area contributed by atoms with Crippen LogP contribution in [0.15, 0.2) is 54.6 Å². The highest BCUT2D eigenvalue weighted by Crippen LogP contribution is 2.36. The van der Waals surface area contributed by atoms with Crippen molar-refractivity contribution >= 4 is 11.7 Å². The van der Waals surface area contributed by atoms with Gasteiger partial charge in [-0.2, -0.15) is 0 Å². The van der Waals surface area contributed by atoms with Gasteiger partial charge in [-0.3, -0.25) is 4.90 Å². The lowest BCUT2D eigenvalue weighted by Gasteiger charge is -2.37. The van der Waals surface area contributed by atoms with Crippen LogP contribution in [0.3, 0.4) is 0 Å². The van der Waals surface area contributed by atoms with E-state index in [-0.39, 0.29) is 6.03 Å². The van der Waals surface area contributed by atoms with Crippen LogP contribution in [0.1, 0.15) is 23.6 Å². The van der Waals surface area contributed by atoms with Gasteiger partial charge in [0.2, 0.25) is 0 Å². The minimum atomic E-state index is -0.0292. The van der Waals surface area contributed by atoms with E-state index in [1.54, 1.807) is 0 Å². The number of anilines is 1. The van der Waals surface area contributed by atoms with E-state index in [0.29, 0.717) is 12.6 Å². The van der Waals surface area contributed by atoms with E-state index in [1.165, 1.54) is 5.56 Å². The minimum absolute atomic E-state index is 0.0292. The summed E-state index contributed by atoms with van der Waals surface area (Å²) in [6, 6.07) is 18.5. The number of para-hydroxylation sites is 1. The molecule has 0 aliphatic carbocycles. The molecule has 1 atom stereocenters. The summed E-state index contributed by atoms with van der Waals surface area (Å²) in [5, 5.41) is 3.03. The highest BCUT2D eigenvalue weighted by molar-refractivity contribution is 5.93. The van der Waals surface area contributed by atoms with Crippen LogP contribution in [0, 0.1) is 0 Å². The molecule has 4 heteroatoms. The van der Waals surface area contributed by atoms with Crippen LogP contribution in [0.25, 0.3) is 0 Å². The Morgan fingerprint density at radius 1 is 1.13 bits per heavy atom. The fraction of sp³-hybridized carbons (Fsp3) is 0.316. The lowest BCUT2D eigenvalue weighted by atomic mass is 9.96. The number of carbonyl (C=O) groups excluding carboxylic acids is 1. The second kappa shape index (κ2) is 6.84. The van der Waals surface area contributed by atoms with Crippen molar-refractivity contribution in [3.63, 3.8) is 0 Å². The molecule has 2 aromatic rings. The van der Waals surface area contributed by atoms with E-state index in [1.807, 2.05) is 53.4 Å². The molecule has 1 aliphatic heterocycles. The molecule has 0 saturated carbocycles. The van der Waals surface area contributed by atoms with Gasteiger partial charge in [-0.1, -0.05) is 48.5 Å². The van der Waals surface area contributed by atoms with Gasteiger partial charge in [-0.15, -0.1) is 0 Å². The molecule has 1 heterocycles. The number of rotatable bonds is 3. The van der Waals surface area contributed by atoms with Gasteiger partial charge in [-0.25, -0.2) is 4.79 Å². The molecule has 120 valence electrons. The highest BCUT2D eigenvalue weighted by Gasteiger charge is 2.29. The van der Waals surface area contributed by atoms with Crippen LogP contribution in [0.4, 0.5) is 10.5 Å². The molecule has 0 saturated heterocycles. The van der Waals surface area contributed by atoms with Gasteiger partial charge in [0.25, 0.3) is 0 Å². The number of hydrogen-bond acceptors (Lipinski definition) is 2. The third kappa shape index (κ3) is 3.37. The van der Waals surface area contributed by atoms with Crippen molar-refractivity contribution in [3.05, 3.63) is 65.7 Å². The van der Waals surface area contributed by atoms with Crippen LogP contribution < -0.4 is 10.2 Å². The zero-order valence-electron chi connectivity index (χ0n) is 13.7. The van der Waals surface area contributed by atoms with Gasteiger partial charge in [-0.05, 0) is 37.7 Å². The maximum atomic E-state index is 12.6. The van der Waals surface area contributed by atoms with Crippen molar-refractivity contribution < 1.29 is 4.79 Å². The molecule has 0 spiro atoms. The SMILES string of the molecule is CN(C)C1CCN(C(=O)NCc2ccccc2)c2ccccc21. The molecule has 0 bridgehead atoms. The van der Waals surface area contributed by atoms with E-state index in [2.05, 4.69) is 30.4 Å². The monoisotopic (exact) mass is 309 g/mol. The first-order valence-corrected chi connectivity index (χ1v) is 8.01. The first-order valence-electron chi connectivity index (χ1n) is 8.01. The second-order valence-electron chi connectivity index (χ2n) is 6.12. The van der Waals surface area contributed by atoms with Crippen LogP contribution >= 0.6 is 0 Å². The molecule has 2 amide bonds. The summed E-state index contributed by atoms with van der Waals surface area (Å²) in [4.78, 5) is 16.7. The number of carbonyl (C=O) groups is 1. The largest absolute Gasteiger partial charge is 0.334 e. The van der Waals surface area contributed by atoms with Crippen LogP contribution in [0.5, 0.6) is 0 Å². The first-order chi connectivity index (χ1) is 11.2. The highest BCUT2D eigenvalue weighted by atomic mass is 16.2. The maximum Gasteiger partial charge on any atom is 0.322 e. The van der Waals surface area contributed by atoms with Gasteiger partial charge < -0.3 is 10.2 Å². The Morgan fingerprint density at radius 2 is 1.83 bits per heavy atom. The minimum Gasteiger partial charge on any atom is -0.334 e. The summed E-state index contributed by atoms with van der Waals surface area (Å²) in [6.07, 6.45) is 0.947. The van der Waals surface area contributed by atoms with Crippen LogP contribution in [0.2, 0.25) is 0 Å². The van der Waals surface area contributed by atoms with Crippen molar-refractivity contribution in [2.45, 2.75) is 19.0 Å². The second-order valence-corrected chi connectivity index (χ2v) is 6.12. The Labute approximate surface area is 137 Å². The molecule has 1 aliphatic rings. The van der Waals surface area contributed by atoms with Gasteiger partial charge >= 0.3 is 6.03 Å². The van der Waals surface area contributed by atoms with Crippen molar-refractivity contribution in [3.8, 4) is 0 Å². The summed E-state index contributed by atoms with van der Waals surface area (Å²) in [6.45, 7) is 1.29. The van der Waals surface area contributed by atoms with E-state index in [4.69, 9.17) is 0 Å². The molecule has 0 radical (unpaired) electrons. The Morgan fingerprint density at radius 3 is 2.57 bits per heavy atom. The third-order valence-electron chi connectivity index (χ3n) is 4.37. The van der Waals surface area contributed by atoms with Gasteiger partial charge in [0, 0.05) is 19.1 Å². The smallest absolute Gasteiger partial charge is 0.322 e. The zero-order valence-corrected chi connectivity index (χ0v) is 13.7. The molecule has 2 aromatic carbocycles.